The van der Waals surface area contributed by atoms with Crippen LogP contribution in [0.25, 0.3) is 0 Å². The molecule has 0 spiro atoms. The molecule has 0 heterocycles. The molecule has 0 unspecified atom stereocenters. The highest BCUT2D eigenvalue weighted by atomic mass is 16.5. The molecule has 0 radical (unpaired) electrons. The third-order valence-corrected chi connectivity index (χ3v) is 2.54. The predicted octanol–water partition coefficient (Wildman–Crippen LogP) is 3.48. The Bertz CT molecular complexity index is 254. The molecule has 3 heteroatoms. The number of rotatable bonds is 8. The molecule has 0 fully saturated rings. The van der Waals surface area contributed by atoms with E-state index in [0.29, 0.717) is 6.61 Å². The lowest BCUT2D eigenvalue weighted by atomic mass is 9.99. The van der Waals surface area contributed by atoms with E-state index in [4.69, 9.17) is 9.47 Å². The Balaban J connectivity index is 3.92. The van der Waals surface area contributed by atoms with Crippen molar-refractivity contribution in [2.75, 3.05) is 13.2 Å². The smallest absolute Gasteiger partial charge is 0.330 e. The molecule has 0 aliphatic rings. The Morgan fingerprint density at radius 2 is 1.88 bits per heavy atom. The maximum Gasteiger partial charge on any atom is 0.330 e. The first kappa shape index (κ1) is 16.2. The number of esters is 1. The summed E-state index contributed by atoms with van der Waals surface area (Å²) in [5.74, 6) is -0.242. The fourth-order valence-electron chi connectivity index (χ4n) is 1.71. The molecule has 0 saturated heterocycles. The number of allylic oxidation sites excluding steroid dienone is 1. The van der Waals surface area contributed by atoms with Crippen molar-refractivity contribution in [3.05, 3.63) is 11.6 Å². The molecule has 3 nitrogen and oxygen atoms in total. The van der Waals surface area contributed by atoms with Crippen LogP contribution in [0.4, 0.5) is 0 Å². The molecular formula is C14H26O3. The van der Waals surface area contributed by atoms with Crippen molar-refractivity contribution in [3.63, 3.8) is 0 Å². The standard InChI is InChI=1S/C14H26O3/c1-6-16-13(15)11-12(3)9-8-10-14(4,5)17-7-2/h11H,6-10H2,1-5H3/b12-11+. The van der Waals surface area contributed by atoms with Gasteiger partial charge in [-0.25, -0.2) is 4.79 Å². The summed E-state index contributed by atoms with van der Waals surface area (Å²) in [6.07, 6.45) is 4.51. The average molecular weight is 242 g/mol. The first-order valence-corrected chi connectivity index (χ1v) is 6.39. The Kier molecular flexibility index (Phi) is 7.88. The van der Waals surface area contributed by atoms with Crippen molar-refractivity contribution < 1.29 is 14.3 Å². The summed E-state index contributed by atoms with van der Waals surface area (Å²) in [4.78, 5) is 11.2. The molecule has 17 heavy (non-hydrogen) atoms. The minimum atomic E-state index is -0.242. The van der Waals surface area contributed by atoms with Gasteiger partial charge in [-0.2, -0.15) is 0 Å². The Labute approximate surface area is 105 Å². The molecule has 100 valence electrons. The fraction of sp³-hybridized carbons (Fsp3) is 0.786. The summed E-state index contributed by atoms with van der Waals surface area (Å²) in [5, 5.41) is 0. The Morgan fingerprint density at radius 3 is 2.41 bits per heavy atom. The molecule has 0 N–H and O–H groups in total. The molecule has 0 aromatic rings. The van der Waals surface area contributed by atoms with Gasteiger partial charge >= 0.3 is 5.97 Å². The van der Waals surface area contributed by atoms with Gasteiger partial charge in [0.2, 0.25) is 0 Å². The zero-order chi connectivity index (χ0) is 13.3. The van der Waals surface area contributed by atoms with Crippen LogP contribution in [0, 0.1) is 0 Å². The van der Waals surface area contributed by atoms with Crippen LogP contribution in [0.1, 0.15) is 53.9 Å². The van der Waals surface area contributed by atoms with E-state index in [1.165, 1.54) is 0 Å². The molecule has 0 aliphatic heterocycles. The number of hydrogen-bond donors (Lipinski definition) is 0. The van der Waals surface area contributed by atoms with Gasteiger partial charge in [-0.15, -0.1) is 0 Å². The monoisotopic (exact) mass is 242 g/mol. The lowest BCUT2D eigenvalue weighted by Gasteiger charge is -2.24. The first-order chi connectivity index (χ1) is 7.91. The minimum Gasteiger partial charge on any atom is -0.463 e. The van der Waals surface area contributed by atoms with Gasteiger partial charge in [-0.1, -0.05) is 5.57 Å². The average Bonchev–Trinajstić information content (AvgIpc) is 2.16. The molecule has 0 aromatic heterocycles. The Morgan fingerprint density at radius 1 is 1.24 bits per heavy atom. The van der Waals surface area contributed by atoms with Crippen LogP contribution >= 0.6 is 0 Å². The maximum atomic E-state index is 11.2. The van der Waals surface area contributed by atoms with Crippen molar-refractivity contribution in [2.45, 2.75) is 59.5 Å². The van der Waals surface area contributed by atoms with E-state index in [9.17, 15) is 4.79 Å². The van der Waals surface area contributed by atoms with E-state index in [0.717, 1.165) is 31.4 Å². The molecule has 0 aliphatic carbocycles. The van der Waals surface area contributed by atoms with Crippen LogP contribution in [-0.2, 0) is 14.3 Å². The number of carbonyl (C=O) groups excluding carboxylic acids is 1. The zero-order valence-electron chi connectivity index (χ0n) is 11.8. The second-order valence-corrected chi connectivity index (χ2v) is 4.79. The number of hydrogen-bond acceptors (Lipinski definition) is 3. The van der Waals surface area contributed by atoms with Crippen molar-refractivity contribution in [3.8, 4) is 0 Å². The fourth-order valence-corrected chi connectivity index (χ4v) is 1.71. The van der Waals surface area contributed by atoms with E-state index in [1.807, 2.05) is 20.8 Å². The SMILES string of the molecule is CCOC(=O)/C=C(\C)CCCC(C)(C)OCC. The van der Waals surface area contributed by atoms with E-state index < -0.39 is 0 Å². The molecule has 0 amide bonds. The number of carbonyl (C=O) groups is 1. The van der Waals surface area contributed by atoms with Crippen LogP contribution in [-0.4, -0.2) is 24.8 Å². The first-order valence-electron chi connectivity index (χ1n) is 6.39. The van der Waals surface area contributed by atoms with Gasteiger partial charge < -0.3 is 9.47 Å². The van der Waals surface area contributed by atoms with Gasteiger partial charge in [0.25, 0.3) is 0 Å². The van der Waals surface area contributed by atoms with Crippen LogP contribution in [0.15, 0.2) is 11.6 Å². The molecule has 0 aromatic carbocycles. The summed E-state index contributed by atoms with van der Waals surface area (Å²) < 4.78 is 10.5. The quantitative estimate of drug-likeness (QED) is 0.483. The topological polar surface area (TPSA) is 35.5 Å². The highest BCUT2D eigenvalue weighted by molar-refractivity contribution is 5.82. The second kappa shape index (κ2) is 8.29. The molecular weight excluding hydrogens is 216 g/mol. The third kappa shape index (κ3) is 8.93. The molecule has 0 bridgehead atoms. The molecule has 0 saturated carbocycles. The summed E-state index contributed by atoms with van der Waals surface area (Å²) in [6.45, 7) is 11.1. The van der Waals surface area contributed by atoms with E-state index in [-0.39, 0.29) is 11.6 Å². The lowest BCUT2D eigenvalue weighted by molar-refractivity contribution is -0.137. The van der Waals surface area contributed by atoms with E-state index in [2.05, 4.69) is 13.8 Å². The van der Waals surface area contributed by atoms with Crippen LogP contribution in [0.2, 0.25) is 0 Å². The summed E-state index contributed by atoms with van der Waals surface area (Å²) >= 11 is 0. The van der Waals surface area contributed by atoms with E-state index >= 15 is 0 Å². The second-order valence-electron chi connectivity index (χ2n) is 4.79. The normalized spacial score (nSPS) is 12.6. The Hall–Kier alpha value is -0.830. The van der Waals surface area contributed by atoms with Crippen molar-refractivity contribution in [2.24, 2.45) is 0 Å². The van der Waals surface area contributed by atoms with Crippen LogP contribution in [0.5, 0.6) is 0 Å². The summed E-state index contributed by atoms with van der Waals surface area (Å²) in [6, 6.07) is 0. The zero-order valence-corrected chi connectivity index (χ0v) is 11.8. The minimum absolute atomic E-state index is 0.0705. The van der Waals surface area contributed by atoms with Crippen molar-refractivity contribution in [1.29, 1.82) is 0 Å². The highest BCUT2D eigenvalue weighted by Gasteiger charge is 2.16. The van der Waals surface area contributed by atoms with Gasteiger partial charge in [0.15, 0.2) is 0 Å². The van der Waals surface area contributed by atoms with Crippen molar-refractivity contribution in [1.82, 2.24) is 0 Å². The largest absolute Gasteiger partial charge is 0.463 e. The highest BCUT2D eigenvalue weighted by Crippen LogP contribution is 2.19. The number of ether oxygens (including phenoxy) is 2. The van der Waals surface area contributed by atoms with Gasteiger partial charge in [-0.3, -0.25) is 0 Å². The molecule has 0 atom stereocenters. The van der Waals surface area contributed by atoms with Gasteiger partial charge in [-0.05, 0) is 53.9 Å². The van der Waals surface area contributed by atoms with Crippen LogP contribution in [0.3, 0.4) is 0 Å². The van der Waals surface area contributed by atoms with Gasteiger partial charge in [0, 0.05) is 12.7 Å². The summed E-state index contributed by atoms with van der Waals surface area (Å²) in [7, 11) is 0. The maximum absolute atomic E-state index is 11.2. The lowest BCUT2D eigenvalue weighted by Crippen LogP contribution is -2.24. The van der Waals surface area contributed by atoms with Gasteiger partial charge in [0.05, 0.1) is 12.2 Å². The summed E-state index contributed by atoms with van der Waals surface area (Å²) in [5.41, 5.74) is 0.995. The third-order valence-electron chi connectivity index (χ3n) is 2.54. The van der Waals surface area contributed by atoms with Crippen molar-refractivity contribution >= 4 is 5.97 Å². The van der Waals surface area contributed by atoms with Gasteiger partial charge in [0.1, 0.15) is 0 Å². The van der Waals surface area contributed by atoms with Crippen LogP contribution < -0.4 is 0 Å². The predicted molar refractivity (Wildman–Crippen MR) is 69.9 cm³/mol. The molecule has 0 rings (SSSR count). The van der Waals surface area contributed by atoms with E-state index in [1.54, 1.807) is 6.08 Å².